The summed E-state index contributed by atoms with van der Waals surface area (Å²) in [5, 5.41) is 0. The van der Waals surface area contributed by atoms with Crippen LogP contribution >= 0.6 is 0 Å². The van der Waals surface area contributed by atoms with Crippen molar-refractivity contribution in [2.45, 2.75) is 11.3 Å². The fourth-order valence-corrected chi connectivity index (χ4v) is 6.33. The molecule has 2 fully saturated rings. The highest BCUT2D eigenvalue weighted by Gasteiger charge is 2.80. The largest absolute Gasteiger partial charge is 0.468 e. The van der Waals surface area contributed by atoms with Crippen molar-refractivity contribution >= 4 is 47.9 Å². The Balaban J connectivity index is 2.28. The summed E-state index contributed by atoms with van der Waals surface area (Å²) in [6.07, 6.45) is 0. The third-order valence-electron chi connectivity index (χ3n) is 8.45. The molecular weight excluding hydrogens is 664 g/mol. The average Bonchev–Trinajstić information content (AvgIpc) is 3.47. The lowest BCUT2D eigenvalue weighted by atomic mass is 9.78. The van der Waals surface area contributed by atoms with Gasteiger partial charge in [0.1, 0.15) is 26.2 Å². The zero-order valence-corrected chi connectivity index (χ0v) is 28.0. The van der Waals surface area contributed by atoms with Crippen LogP contribution in [-0.4, -0.2) is 136 Å². The number of benzene rings is 2. The lowest BCUT2D eigenvalue weighted by molar-refractivity contribution is -0.155. The van der Waals surface area contributed by atoms with E-state index < -0.39 is 85.4 Å². The molecule has 4 rings (SSSR count). The Hall–Kier alpha value is -6.20. The molecule has 2 aromatic rings. The Morgan fingerprint density at radius 2 is 0.680 bits per heavy atom. The minimum atomic E-state index is -2.35. The van der Waals surface area contributed by atoms with E-state index in [0.29, 0.717) is 0 Å². The average molecular weight is 699 g/mol. The smallest absolute Gasteiger partial charge is 0.337 e. The van der Waals surface area contributed by atoms with Gasteiger partial charge in [-0.1, -0.05) is 24.3 Å². The molecule has 4 amide bonds. The number of carbonyl (C=O) groups is 8. The third-order valence-corrected chi connectivity index (χ3v) is 8.45. The van der Waals surface area contributed by atoms with Crippen LogP contribution in [0, 0.1) is 0 Å². The number of methoxy groups -OCH3 is 6. The normalized spacial score (nSPS) is 19.5. The van der Waals surface area contributed by atoms with Crippen LogP contribution in [0.2, 0.25) is 0 Å². The number of hydrogen-bond acceptors (Lipinski definition) is 14. The summed E-state index contributed by atoms with van der Waals surface area (Å²) in [6, 6.07) is 8.56. The van der Waals surface area contributed by atoms with E-state index in [1.165, 1.54) is 48.5 Å². The van der Waals surface area contributed by atoms with Gasteiger partial charge in [0.25, 0.3) is 0 Å². The number of amides is 4. The van der Waals surface area contributed by atoms with E-state index in [4.69, 9.17) is 28.4 Å². The van der Waals surface area contributed by atoms with Crippen LogP contribution in [-0.2, 0) is 58.9 Å². The van der Waals surface area contributed by atoms with E-state index in [1.807, 2.05) is 0 Å². The summed E-state index contributed by atoms with van der Waals surface area (Å²) in [4.78, 5) is 111. The molecule has 0 saturated carbocycles. The van der Waals surface area contributed by atoms with Gasteiger partial charge in [-0.15, -0.1) is 0 Å². The molecule has 0 aromatic heterocycles. The van der Waals surface area contributed by atoms with Crippen LogP contribution < -0.4 is 0 Å². The number of hydrogen-bond donors (Lipinski definition) is 0. The quantitative estimate of drug-likeness (QED) is 0.218. The number of ether oxygens (including phenoxy) is 6. The van der Waals surface area contributed by atoms with Gasteiger partial charge in [-0.2, -0.15) is 0 Å². The molecule has 0 N–H and O–H groups in total. The van der Waals surface area contributed by atoms with E-state index in [-0.39, 0.29) is 22.3 Å². The zero-order chi connectivity index (χ0) is 37.0. The predicted molar refractivity (Wildman–Crippen MR) is 165 cm³/mol. The highest BCUT2D eigenvalue weighted by atomic mass is 16.5. The molecule has 2 aromatic carbocycles. The van der Waals surface area contributed by atoms with Crippen LogP contribution in [0.5, 0.6) is 0 Å². The number of fused-ring (bicyclic) bond motifs is 1. The van der Waals surface area contributed by atoms with Gasteiger partial charge in [0.15, 0.2) is 11.3 Å². The van der Waals surface area contributed by atoms with Gasteiger partial charge < -0.3 is 28.4 Å². The molecule has 0 spiro atoms. The Kier molecular flexibility index (Phi) is 10.6. The van der Waals surface area contributed by atoms with E-state index in [1.54, 1.807) is 0 Å². The van der Waals surface area contributed by atoms with Crippen molar-refractivity contribution in [1.29, 1.82) is 0 Å². The standard InChI is InChI=1S/C32H34N4O14/c1-45-23(37)15-33-29(43)34(16-24(38)46-2)32(22-13-9-20(10-14-22)28(42)50-6)31(33,21-11-7-19(8-12-21)27(41)49-5)35(17-25(39)47-3)30(44)36(32)18-26(40)48-4/h7-14H,15-18H2,1-6H3. The lowest BCUT2D eigenvalue weighted by Crippen LogP contribution is -2.65. The van der Waals surface area contributed by atoms with Gasteiger partial charge in [0.2, 0.25) is 0 Å². The monoisotopic (exact) mass is 698 g/mol. The van der Waals surface area contributed by atoms with Gasteiger partial charge in [-0.3, -0.25) is 38.8 Å². The molecular formula is C32H34N4O14. The Labute approximate surface area is 285 Å². The highest BCUT2D eigenvalue weighted by molar-refractivity contribution is 5.97. The number of carbonyl (C=O) groups excluding carboxylic acids is 8. The molecule has 18 nitrogen and oxygen atoms in total. The maximum absolute atomic E-state index is 14.8. The molecule has 0 radical (unpaired) electrons. The van der Waals surface area contributed by atoms with Crippen LogP contribution in [0.3, 0.4) is 0 Å². The summed E-state index contributed by atoms with van der Waals surface area (Å²) in [5.41, 5.74) is -4.59. The van der Waals surface area contributed by atoms with Crippen LogP contribution in [0.1, 0.15) is 31.8 Å². The SMILES string of the molecule is COC(=O)CN1C(=O)N(CC(=O)OC)C2(c3ccc(C(=O)OC)cc3)N(CC(=O)OC)C(=O)N(CC(=O)OC)C12c1ccc(C(=O)OC)cc1. The number of nitrogens with zero attached hydrogens (tertiary/aromatic N) is 4. The number of rotatable bonds is 12. The molecule has 0 atom stereocenters. The van der Waals surface area contributed by atoms with Crippen LogP contribution in [0.25, 0.3) is 0 Å². The molecule has 18 heteroatoms. The maximum Gasteiger partial charge on any atom is 0.337 e. The number of urea groups is 2. The van der Waals surface area contributed by atoms with Crippen molar-refractivity contribution < 1.29 is 66.8 Å². The van der Waals surface area contributed by atoms with E-state index in [2.05, 4.69) is 0 Å². The van der Waals surface area contributed by atoms with Crippen molar-refractivity contribution in [1.82, 2.24) is 19.6 Å². The lowest BCUT2D eigenvalue weighted by Gasteiger charge is -2.49. The first-order valence-electron chi connectivity index (χ1n) is 14.7. The van der Waals surface area contributed by atoms with E-state index in [9.17, 15) is 38.4 Å². The second kappa shape index (κ2) is 14.5. The molecule has 2 aliphatic rings. The molecule has 266 valence electrons. The van der Waals surface area contributed by atoms with Crippen molar-refractivity contribution in [3.63, 3.8) is 0 Å². The topological polar surface area (TPSA) is 205 Å². The summed E-state index contributed by atoms with van der Waals surface area (Å²) < 4.78 is 29.3. The molecule has 2 aliphatic heterocycles. The fourth-order valence-electron chi connectivity index (χ4n) is 6.33. The summed E-state index contributed by atoms with van der Waals surface area (Å²) in [5.74, 6) is -5.38. The molecule has 2 saturated heterocycles. The predicted octanol–water partition coefficient (Wildman–Crippen LogP) is 0.433. The molecule has 0 bridgehead atoms. The van der Waals surface area contributed by atoms with Gasteiger partial charge in [-0.05, 0) is 24.3 Å². The maximum atomic E-state index is 14.8. The van der Waals surface area contributed by atoms with Gasteiger partial charge in [0.05, 0.1) is 53.8 Å². The second-order valence-corrected chi connectivity index (χ2v) is 10.7. The zero-order valence-electron chi connectivity index (χ0n) is 28.0. The van der Waals surface area contributed by atoms with Crippen molar-refractivity contribution in [3.8, 4) is 0 Å². The van der Waals surface area contributed by atoms with Crippen LogP contribution in [0.4, 0.5) is 9.59 Å². The minimum Gasteiger partial charge on any atom is -0.468 e. The third kappa shape index (κ3) is 5.67. The number of esters is 6. The fraction of sp³-hybridized carbons (Fsp3) is 0.375. The van der Waals surface area contributed by atoms with Gasteiger partial charge in [-0.25, -0.2) is 19.2 Å². The second-order valence-electron chi connectivity index (χ2n) is 10.7. The first-order chi connectivity index (χ1) is 23.8. The summed E-state index contributed by atoms with van der Waals surface area (Å²) in [7, 11) is 6.55. The molecule has 50 heavy (non-hydrogen) atoms. The Morgan fingerprint density at radius 3 is 0.880 bits per heavy atom. The highest BCUT2D eigenvalue weighted by Crippen LogP contribution is 2.62. The molecule has 2 heterocycles. The van der Waals surface area contributed by atoms with Crippen LogP contribution in [0.15, 0.2) is 48.5 Å². The molecule has 0 unspecified atom stereocenters. The van der Waals surface area contributed by atoms with E-state index in [0.717, 1.165) is 62.3 Å². The first-order valence-corrected chi connectivity index (χ1v) is 14.7. The van der Waals surface area contributed by atoms with Gasteiger partial charge >= 0.3 is 47.9 Å². The molecule has 0 aliphatic carbocycles. The Bertz CT molecular complexity index is 1530. The Morgan fingerprint density at radius 1 is 0.440 bits per heavy atom. The van der Waals surface area contributed by atoms with E-state index >= 15 is 0 Å². The van der Waals surface area contributed by atoms with Crippen molar-refractivity contribution in [2.24, 2.45) is 0 Å². The van der Waals surface area contributed by atoms with Crippen molar-refractivity contribution in [3.05, 3.63) is 70.8 Å². The minimum absolute atomic E-state index is 0.0106. The van der Waals surface area contributed by atoms with Crippen molar-refractivity contribution in [2.75, 3.05) is 68.8 Å². The first kappa shape index (κ1) is 36.6. The van der Waals surface area contributed by atoms with Gasteiger partial charge in [0, 0.05) is 11.1 Å². The summed E-state index contributed by atoms with van der Waals surface area (Å²) in [6.45, 7) is -3.48. The summed E-state index contributed by atoms with van der Waals surface area (Å²) >= 11 is 0.